The minimum Gasteiger partial charge on any atom is -0.0802 e. The van der Waals surface area contributed by atoms with E-state index in [2.05, 4.69) is 66.7 Å². The molecule has 3 rings (SSSR count). The summed E-state index contributed by atoms with van der Waals surface area (Å²) in [5.41, 5.74) is 0. The van der Waals surface area contributed by atoms with Crippen LogP contribution in [-0.2, 0) is 0 Å². The van der Waals surface area contributed by atoms with E-state index in [1.807, 2.05) is 0 Å². The van der Waals surface area contributed by atoms with Gasteiger partial charge in [-0.2, -0.15) is 0 Å². The van der Waals surface area contributed by atoms with E-state index in [4.69, 9.17) is 0 Å². The zero-order chi connectivity index (χ0) is 12.9. The Balaban J connectivity index is 2.03. The van der Waals surface area contributed by atoms with Crippen LogP contribution in [-0.4, -0.2) is 0 Å². The summed E-state index contributed by atoms with van der Waals surface area (Å²) in [6.45, 7) is 0. The Morgan fingerprint density at radius 3 is 1.74 bits per heavy atom. The van der Waals surface area contributed by atoms with E-state index in [1.165, 1.54) is 36.3 Å². The minimum absolute atomic E-state index is 0.308. The first kappa shape index (κ1) is 12.6. The van der Waals surface area contributed by atoms with Gasteiger partial charge >= 0.3 is 0 Å². The van der Waals surface area contributed by atoms with Crippen molar-refractivity contribution in [2.75, 3.05) is 0 Å². The maximum atomic E-state index is 2.50. The van der Waals surface area contributed by atoms with E-state index >= 15 is 0 Å². The van der Waals surface area contributed by atoms with Gasteiger partial charge < -0.3 is 0 Å². The monoisotopic (exact) mass is 266 g/mol. The minimum atomic E-state index is -0.308. The SMILES string of the molecule is C1=C(P(c2ccccc2)c2ccccc2)CCCC1. The first-order valence-electron chi connectivity index (χ1n) is 7.04. The summed E-state index contributed by atoms with van der Waals surface area (Å²) in [6, 6.07) is 22.0. The van der Waals surface area contributed by atoms with Crippen LogP contribution >= 0.6 is 7.92 Å². The van der Waals surface area contributed by atoms with Crippen LogP contribution in [0, 0.1) is 0 Å². The van der Waals surface area contributed by atoms with Crippen LogP contribution in [0.15, 0.2) is 72.1 Å². The topological polar surface area (TPSA) is 0 Å². The highest BCUT2D eigenvalue weighted by molar-refractivity contribution is 7.76. The smallest absolute Gasteiger partial charge is 0.0154 e. The molecule has 0 spiro atoms. The Hall–Kier alpha value is -1.39. The van der Waals surface area contributed by atoms with Crippen molar-refractivity contribution in [3.05, 3.63) is 72.1 Å². The summed E-state index contributed by atoms with van der Waals surface area (Å²) in [4.78, 5) is 0. The van der Waals surface area contributed by atoms with Gasteiger partial charge in [-0.25, -0.2) is 0 Å². The van der Waals surface area contributed by atoms with Crippen molar-refractivity contribution >= 4 is 18.5 Å². The molecule has 0 heterocycles. The Bertz CT molecular complexity index is 503. The molecule has 0 unspecified atom stereocenters. The third kappa shape index (κ3) is 2.96. The lowest BCUT2D eigenvalue weighted by Crippen LogP contribution is -2.13. The molecule has 0 atom stereocenters. The van der Waals surface area contributed by atoms with E-state index in [-0.39, 0.29) is 7.92 Å². The van der Waals surface area contributed by atoms with Crippen molar-refractivity contribution in [3.8, 4) is 0 Å². The second-order valence-electron chi connectivity index (χ2n) is 4.95. The average Bonchev–Trinajstić information content (AvgIpc) is 2.51. The van der Waals surface area contributed by atoms with Crippen molar-refractivity contribution in [2.45, 2.75) is 25.7 Å². The predicted octanol–water partition coefficient (Wildman–Crippen LogP) is 4.58. The van der Waals surface area contributed by atoms with E-state index in [0.29, 0.717) is 0 Å². The first-order chi connectivity index (χ1) is 9.45. The van der Waals surface area contributed by atoms with Gasteiger partial charge in [-0.3, -0.25) is 0 Å². The number of benzene rings is 2. The molecule has 0 bridgehead atoms. The molecule has 0 N–H and O–H groups in total. The fraction of sp³-hybridized carbons (Fsp3) is 0.222. The summed E-state index contributed by atoms with van der Waals surface area (Å²) in [7, 11) is -0.308. The molecule has 0 aliphatic heterocycles. The normalized spacial score (nSPS) is 15.3. The van der Waals surface area contributed by atoms with Gasteiger partial charge in [0.1, 0.15) is 0 Å². The van der Waals surface area contributed by atoms with Crippen molar-refractivity contribution in [1.29, 1.82) is 0 Å². The van der Waals surface area contributed by atoms with Gasteiger partial charge in [-0.15, -0.1) is 0 Å². The molecule has 1 heteroatoms. The molecule has 2 aromatic rings. The van der Waals surface area contributed by atoms with Gasteiger partial charge in [-0.05, 0) is 49.5 Å². The number of hydrogen-bond acceptors (Lipinski definition) is 0. The van der Waals surface area contributed by atoms with E-state index < -0.39 is 0 Å². The molecule has 96 valence electrons. The highest BCUT2D eigenvalue weighted by Crippen LogP contribution is 2.46. The summed E-state index contributed by atoms with van der Waals surface area (Å²) >= 11 is 0. The van der Waals surface area contributed by atoms with Crippen molar-refractivity contribution in [2.24, 2.45) is 0 Å². The van der Waals surface area contributed by atoms with Gasteiger partial charge in [0.2, 0.25) is 0 Å². The second-order valence-corrected chi connectivity index (χ2v) is 7.23. The van der Waals surface area contributed by atoms with Crippen LogP contribution in [0.2, 0.25) is 0 Å². The zero-order valence-corrected chi connectivity index (χ0v) is 12.0. The van der Waals surface area contributed by atoms with Crippen LogP contribution in [0.25, 0.3) is 0 Å². The summed E-state index contributed by atoms with van der Waals surface area (Å²) < 4.78 is 0. The lowest BCUT2D eigenvalue weighted by molar-refractivity contribution is 0.722. The molecule has 0 aromatic heterocycles. The maximum Gasteiger partial charge on any atom is -0.0154 e. The van der Waals surface area contributed by atoms with Gasteiger partial charge in [0.15, 0.2) is 0 Å². The van der Waals surface area contributed by atoms with E-state index in [0.717, 1.165) is 0 Å². The van der Waals surface area contributed by atoms with Crippen LogP contribution < -0.4 is 10.6 Å². The molecule has 0 radical (unpaired) electrons. The molecule has 0 fully saturated rings. The Labute approximate surface area is 116 Å². The van der Waals surface area contributed by atoms with Crippen LogP contribution in [0.1, 0.15) is 25.7 Å². The quantitative estimate of drug-likeness (QED) is 0.713. The number of hydrogen-bond donors (Lipinski definition) is 0. The van der Waals surface area contributed by atoms with Crippen molar-refractivity contribution < 1.29 is 0 Å². The second kappa shape index (κ2) is 6.17. The third-order valence-corrected chi connectivity index (χ3v) is 6.19. The first-order valence-corrected chi connectivity index (χ1v) is 8.38. The molecule has 2 aromatic carbocycles. The summed E-state index contributed by atoms with van der Waals surface area (Å²) in [6.07, 6.45) is 7.74. The van der Waals surface area contributed by atoms with Crippen LogP contribution in [0.5, 0.6) is 0 Å². The molecule has 0 amide bonds. The Morgan fingerprint density at radius 2 is 1.26 bits per heavy atom. The Kier molecular flexibility index (Phi) is 4.10. The number of rotatable bonds is 3. The molecule has 0 saturated heterocycles. The standard InChI is InChI=1S/C18H19P/c1-4-10-16(11-5-1)19(17-12-6-2-7-13-17)18-14-8-3-9-15-18/h1-2,4-7,10-14H,3,8-9,15H2. The average molecular weight is 266 g/mol. The zero-order valence-electron chi connectivity index (χ0n) is 11.1. The van der Waals surface area contributed by atoms with Gasteiger partial charge in [0.05, 0.1) is 0 Å². The maximum absolute atomic E-state index is 2.50. The molecule has 1 aliphatic rings. The molecule has 0 nitrogen and oxygen atoms in total. The van der Waals surface area contributed by atoms with Gasteiger partial charge in [-0.1, -0.05) is 66.7 Å². The van der Waals surface area contributed by atoms with Crippen molar-refractivity contribution in [3.63, 3.8) is 0 Å². The fourth-order valence-electron chi connectivity index (χ4n) is 2.66. The number of allylic oxidation sites excluding steroid dienone is 2. The lowest BCUT2D eigenvalue weighted by atomic mass is 10.1. The van der Waals surface area contributed by atoms with Crippen LogP contribution in [0.3, 0.4) is 0 Å². The predicted molar refractivity (Wildman–Crippen MR) is 85.6 cm³/mol. The molecule has 1 aliphatic carbocycles. The third-order valence-electron chi connectivity index (χ3n) is 3.58. The van der Waals surface area contributed by atoms with Gasteiger partial charge in [0.25, 0.3) is 0 Å². The molecular formula is C18H19P. The van der Waals surface area contributed by atoms with E-state index in [9.17, 15) is 0 Å². The Morgan fingerprint density at radius 1 is 0.684 bits per heavy atom. The highest BCUT2D eigenvalue weighted by atomic mass is 31.1. The van der Waals surface area contributed by atoms with Crippen molar-refractivity contribution in [1.82, 2.24) is 0 Å². The summed E-state index contributed by atoms with van der Waals surface area (Å²) in [5.74, 6) is 0. The largest absolute Gasteiger partial charge is 0.0802 e. The molecule has 0 saturated carbocycles. The molecule has 19 heavy (non-hydrogen) atoms. The molecular weight excluding hydrogens is 247 g/mol. The summed E-state index contributed by atoms with van der Waals surface area (Å²) in [5, 5.41) is 4.63. The highest BCUT2D eigenvalue weighted by Gasteiger charge is 2.19. The lowest BCUT2D eigenvalue weighted by Gasteiger charge is -2.24. The fourth-order valence-corrected chi connectivity index (χ4v) is 5.25. The van der Waals surface area contributed by atoms with E-state index in [1.54, 1.807) is 5.31 Å². The van der Waals surface area contributed by atoms with Gasteiger partial charge in [0, 0.05) is 0 Å². The van der Waals surface area contributed by atoms with Crippen LogP contribution in [0.4, 0.5) is 0 Å².